The van der Waals surface area contributed by atoms with Gasteiger partial charge in [-0.2, -0.15) is 0 Å². The fourth-order valence-corrected chi connectivity index (χ4v) is 4.34. The monoisotopic (exact) mass is 354 g/mol. The number of hydrogen-bond donors (Lipinski definition) is 4. The van der Waals surface area contributed by atoms with Gasteiger partial charge in [0.15, 0.2) is 0 Å². The van der Waals surface area contributed by atoms with Crippen LogP contribution in [0, 0.1) is 0 Å². The predicted octanol–water partition coefficient (Wildman–Crippen LogP) is 4.02. The van der Waals surface area contributed by atoms with Gasteiger partial charge < -0.3 is 20.0 Å². The van der Waals surface area contributed by atoms with Gasteiger partial charge in [0.2, 0.25) is 0 Å². The largest absolute Gasteiger partial charge is 0.508 e. The Labute approximate surface area is 138 Å². The summed E-state index contributed by atoms with van der Waals surface area (Å²) in [7, 11) is 0. The third-order valence-corrected chi connectivity index (χ3v) is 5.74. The summed E-state index contributed by atoms with van der Waals surface area (Å²) in [4.78, 5) is 18.7. The molecule has 7 heteroatoms. The van der Waals surface area contributed by atoms with E-state index < -0.39 is 6.80 Å². The summed E-state index contributed by atoms with van der Waals surface area (Å²) in [6, 6.07) is 11.6. The van der Waals surface area contributed by atoms with Crippen molar-refractivity contribution in [1.82, 2.24) is 0 Å². The van der Waals surface area contributed by atoms with Crippen molar-refractivity contribution in [3.63, 3.8) is 0 Å². The van der Waals surface area contributed by atoms with Crippen LogP contribution in [0.25, 0.3) is 0 Å². The maximum atomic E-state index is 11.2. The fraction of sp³-hybridized carbons (Fsp3) is 0.250. The Kier molecular flexibility index (Phi) is 5.76. The number of rotatable bonds is 6. The van der Waals surface area contributed by atoms with Gasteiger partial charge in [-0.1, -0.05) is 25.1 Å². The lowest BCUT2D eigenvalue weighted by Gasteiger charge is -2.15. The van der Waals surface area contributed by atoms with Crippen LogP contribution >= 0.6 is 18.2 Å². The summed E-state index contributed by atoms with van der Waals surface area (Å²) in [5, 5.41) is 19.3. The molecule has 0 heterocycles. The highest BCUT2D eigenvalue weighted by Gasteiger charge is 2.20. The van der Waals surface area contributed by atoms with Gasteiger partial charge in [0.1, 0.15) is 11.5 Å². The van der Waals surface area contributed by atoms with Crippen LogP contribution in [0.4, 0.5) is 0 Å². The summed E-state index contributed by atoms with van der Waals surface area (Å²) >= 11 is 0.465. The number of benzene rings is 2. The molecule has 0 aliphatic carbocycles. The van der Waals surface area contributed by atoms with Crippen molar-refractivity contribution in [1.29, 1.82) is 0 Å². The van der Waals surface area contributed by atoms with E-state index in [1.165, 1.54) is 6.07 Å². The normalized spacial score (nSPS) is 13.0. The lowest BCUT2D eigenvalue weighted by atomic mass is 9.94. The Balaban J connectivity index is 2.13. The van der Waals surface area contributed by atoms with E-state index in [2.05, 4.69) is 0 Å². The van der Waals surface area contributed by atoms with Crippen LogP contribution in [-0.4, -0.2) is 20.0 Å². The Morgan fingerprint density at radius 3 is 2.35 bits per heavy atom. The van der Waals surface area contributed by atoms with E-state index in [9.17, 15) is 14.8 Å². The minimum Gasteiger partial charge on any atom is -0.508 e. The van der Waals surface area contributed by atoms with Crippen LogP contribution in [0.15, 0.2) is 47.4 Å². The number of phenolic OH excluding ortho intramolecular Hbond substituents is 2. The molecular formula is C16H19O5PS. The molecule has 2 aromatic rings. The molecule has 0 spiro atoms. The summed E-state index contributed by atoms with van der Waals surface area (Å²) in [5.74, 6) is 0.437. The fourth-order valence-electron chi connectivity index (χ4n) is 2.35. The lowest BCUT2D eigenvalue weighted by molar-refractivity contribution is 0.397. The molecule has 0 bridgehead atoms. The number of hydrogen-bond acceptors (Lipinski definition) is 4. The first kappa shape index (κ1) is 17.9. The second kappa shape index (κ2) is 7.41. The molecule has 2 aromatic carbocycles. The van der Waals surface area contributed by atoms with Gasteiger partial charge in [-0.15, -0.1) is 0 Å². The molecule has 1 atom stereocenters. The Bertz CT molecular complexity index is 711. The average molecular weight is 354 g/mol. The van der Waals surface area contributed by atoms with Gasteiger partial charge in [-0.25, -0.2) is 4.57 Å². The summed E-state index contributed by atoms with van der Waals surface area (Å²) < 4.78 is 11.2. The standard InChI is InChI=1S/C16H19O5PS/c1-11(12-6-8-13(17)9-7-12)5-10-14-15(18)3-2-4-16(14)23-22(19,20)21/h2-4,6-9,11,17-18H,5,10H2,1H3,(H2,19,20,21). The molecule has 0 radical (unpaired) electrons. The molecular weight excluding hydrogens is 335 g/mol. The average Bonchev–Trinajstić information content (AvgIpc) is 2.45. The summed E-state index contributed by atoms with van der Waals surface area (Å²) in [6.45, 7) is -2.24. The molecule has 0 saturated carbocycles. The van der Waals surface area contributed by atoms with Crippen LogP contribution in [0.3, 0.4) is 0 Å². The highest BCUT2D eigenvalue weighted by molar-refractivity contribution is 8.54. The highest BCUT2D eigenvalue weighted by atomic mass is 32.7. The van der Waals surface area contributed by atoms with E-state index >= 15 is 0 Å². The van der Waals surface area contributed by atoms with E-state index in [1.807, 2.05) is 19.1 Å². The van der Waals surface area contributed by atoms with E-state index in [0.717, 1.165) is 5.56 Å². The van der Waals surface area contributed by atoms with E-state index in [1.54, 1.807) is 24.3 Å². The molecule has 2 rings (SSSR count). The van der Waals surface area contributed by atoms with Crippen molar-refractivity contribution in [2.24, 2.45) is 0 Å². The summed E-state index contributed by atoms with van der Waals surface area (Å²) in [5.41, 5.74) is 1.61. The molecule has 0 aromatic heterocycles. The van der Waals surface area contributed by atoms with Gasteiger partial charge in [-0.3, -0.25) is 0 Å². The minimum atomic E-state index is -4.27. The van der Waals surface area contributed by atoms with Gasteiger partial charge >= 0.3 is 6.80 Å². The Morgan fingerprint density at radius 1 is 1.09 bits per heavy atom. The molecule has 0 aliphatic heterocycles. The van der Waals surface area contributed by atoms with Crippen LogP contribution in [0.5, 0.6) is 11.5 Å². The van der Waals surface area contributed by atoms with Crippen molar-refractivity contribution < 1.29 is 24.6 Å². The van der Waals surface area contributed by atoms with E-state index in [-0.39, 0.29) is 17.4 Å². The second-order valence-electron chi connectivity index (χ2n) is 5.37. The van der Waals surface area contributed by atoms with Gasteiger partial charge in [0, 0.05) is 10.5 Å². The first-order valence-corrected chi connectivity index (χ1v) is 10.1. The lowest BCUT2D eigenvalue weighted by Crippen LogP contribution is -1.98. The van der Waals surface area contributed by atoms with Crippen molar-refractivity contribution in [2.45, 2.75) is 30.6 Å². The van der Waals surface area contributed by atoms with Gasteiger partial charge in [0.05, 0.1) is 0 Å². The zero-order valence-electron chi connectivity index (χ0n) is 12.6. The minimum absolute atomic E-state index is 0.0429. The van der Waals surface area contributed by atoms with Crippen molar-refractivity contribution in [2.75, 3.05) is 0 Å². The molecule has 0 amide bonds. The smallest absolute Gasteiger partial charge is 0.388 e. The van der Waals surface area contributed by atoms with Gasteiger partial charge in [-0.05, 0) is 60.0 Å². The van der Waals surface area contributed by atoms with Crippen LogP contribution in [-0.2, 0) is 11.0 Å². The van der Waals surface area contributed by atoms with Crippen LogP contribution < -0.4 is 0 Å². The SMILES string of the molecule is CC(CCc1c(O)cccc1SP(=O)(O)O)c1ccc(O)cc1. The number of aromatic hydroxyl groups is 2. The molecule has 0 saturated heterocycles. The maximum Gasteiger partial charge on any atom is 0.388 e. The zero-order valence-corrected chi connectivity index (χ0v) is 14.3. The molecule has 0 fully saturated rings. The van der Waals surface area contributed by atoms with Gasteiger partial charge in [0.25, 0.3) is 0 Å². The second-order valence-corrected chi connectivity index (χ2v) is 8.95. The first-order valence-electron chi connectivity index (χ1n) is 7.11. The Hall–Kier alpha value is -1.46. The molecule has 124 valence electrons. The molecule has 0 aliphatic rings. The topological polar surface area (TPSA) is 98.0 Å². The van der Waals surface area contributed by atoms with Crippen LogP contribution in [0.2, 0.25) is 0 Å². The number of phenols is 2. The summed E-state index contributed by atoms with van der Waals surface area (Å²) in [6.07, 6.45) is 1.20. The third kappa shape index (κ3) is 5.29. The van der Waals surface area contributed by atoms with Crippen LogP contribution in [0.1, 0.15) is 30.4 Å². The third-order valence-electron chi connectivity index (χ3n) is 3.62. The quantitative estimate of drug-likeness (QED) is 0.585. The van der Waals surface area contributed by atoms with Crippen molar-refractivity contribution in [3.8, 4) is 11.5 Å². The van der Waals surface area contributed by atoms with E-state index in [4.69, 9.17) is 9.79 Å². The molecule has 4 N–H and O–H groups in total. The molecule has 5 nitrogen and oxygen atoms in total. The molecule has 23 heavy (non-hydrogen) atoms. The van der Waals surface area contributed by atoms with Crippen molar-refractivity contribution >= 4 is 18.2 Å². The Morgan fingerprint density at radius 2 is 1.74 bits per heavy atom. The maximum absolute atomic E-state index is 11.2. The van der Waals surface area contributed by atoms with Crippen molar-refractivity contribution in [3.05, 3.63) is 53.6 Å². The predicted molar refractivity (Wildman–Crippen MR) is 90.9 cm³/mol. The van der Waals surface area contributed by atoms with E-state index in [0.29, 0.717) is 34.7 Å². The first-order chi connectivity index (χ1) is 10.8. The zero-order chi connectivity index (χ0) is 17.0. The highest BCUT2D eigenvalue weighted by Crippen LogP contribution is 2.56. The molecule has 1 unspecified atom stereocenters.